The van der Waals surface area contributed by atoms with Crippen molar-refractivity contribution in [2.45, 2.75) is 13.3 Å². The van der Waals surface area contributed by atoms with Gasteiger partial charge in [0.05, 0.1) is 0 Å². The van der Waals surface area contributed by atoms with Gasteiger partial charge in [-0.05, 0) is 41.2 Å². The molecule has 0 aliphatic carbocycles. The summed E-state index contributed by atoms with van der Waals surface area (Å²) in [6.07, 6.45) is 1.00. The summed E-state index contributed by atoms with van der Waals surface area (Å²) in [7, 11) is 0. The van der Waals surface area contributed by atoms with Crippen molar-refractivity contribution in [1.82, 2.24) is 0 Å². The highest BCUT2D eigenvalue weighted by Gasteiger charge is 2.01. The molecule has 0 radical (unpaired) electrons. The zero-order valence-electron chi connectivity index (χ0n) is 11.7. The van der Waals surface area contributed by atoms with Crippen LogP contribution in [0.4, 0.5) is 0 Å². The van der Waals surface area contributed by atoms with Crippen molar-refractivity contribution in [1.29, 1.82) is 0 Å². The largest absolute Gasteiger partial charge is 0.0622 e. The lowest BCUT2D eigenvalue weighted by molar-refractivity contribution is 1.16. The van der Waals surface area contributed by atoms with E-state index in [9.17, 15) is 0 Å². The Morgan fingerprint density at radius 2 is 1.20 bits per heavy atom. The van der Waals surface area contributed by atoms with E-state index < -0.39 is 0 Å². The van der Waals surface area contributed by atoms with Crippen LogP contribution in [0.25, 0.3) is 11.1 Å². The highest BCUT2D eigenvalue weighted by molar-refractivity contribution is 5.63. The fourth-order valence-corrected chi connectivity index (χ4v) is 2.47. The van der Waals surface area contributed by atoms with E-state index in [1.54, 1.807) is 0 Å². The van der Waals surface area contributed by atoms with E-state index in [2.05, 4.69) is 85.8 Å². The minimum absolute atomic E-state index is 1.00. The summed E-state index contributed by atoms with van der Waals surface area (Å²) in [5, 5.41) is 0. The third kappa shape index (κ3) is 2.80. The molecule has 0 unspecified atom stereocenters. The van der Waals surface area contributed by atoms with Crippen LogP contribution >= 0.6 is 0 Å². The molecule has 3 aromatic carbocycles. The van der Waals surface area contributed by atoms with Crippen molar-refractivity contribution in [3.63, 3.8) is 0 Å². The molecule has 3 aromatic rings. The van der Waals surface area contributed by atoms with E-state index in [1.807, 2.05) is 0 Å². The maximum absolute atomic E-state index is 2.23. The van der Waals surface area contributed by atoms with Gasteiger partial charge in [0.25, 0.3) is 0 Å². The summed E-state index contributed by atoms with van der Waals surface area (Å²) in [4.78, 5) is 0. The molecule has 98 valence electrons. The third-order valence-electron chi connectivity index (χ3n) is 3.72. The van der Waals surface area contributed by atoms with Crippen LogP contribution in [0.5, 0.6) is 0 Å². The first-order valence-corrected chi connectivity index (χ1v) is 7.02. The Bertz CT molecular complexity index is 679. The normalized spacial score (nSPS) is 10.4. The Morgan fingerprint density at radius 1 is 0.600 bits per heavy atom. The molecule has 0 amide bonds. The predicted octanol–water partition coefficient (Wildman–Crippen LogP) is 5.25. The van der Waals surface area contributed by atoms with Gasteiger partial charge in [0.15, 0.2) is 0 Å². The molecule has 0 saturated carbocycles. The minimum atomic E-state index is 1.00. The van der Waals surface area contributed by atoms with Crippen LogP contribution in [-0.2, 0) is 6.42 Å². The molecule has 0 fully saturated rings. The highest BCUT2D eigenvalue weighted by Crippen LogP contribution is 2.21. The Morgan fingerprint density at radius 3 is 1.90 bits per heavy atom. The minimum Gasteiger partial charge on any atom is -0.0622 e. The van der Waals surface area contributed by atoms with E-state index in [4.69, 9.17) is 0 Å². The zero-order valence-corrected chi connectivity index (χ0v) is 11.7. The van der Waals surface area contributed by atoms with E-state index >= 15 is 0 Å². The average Bonchev–Trinajstić information content (AvgIpc) is 2.51. The van der Waals surface area contributed by atoms with E-state index in [0.29, 0.717) is 0 Å². The van der Waals surface area contributed by atoms with E-state index in [-0.39, 0.29) is 0 Å². The smallest absolute Gasteiger partial charge is 0.00231 e. The summed E-state index contributed by atoms with van der Waals surface area (Å²) in [6.45, 7) is 2.17. The summed E-state index contributed by atoms with van der Waals surface area (Å²) < 4.78 is 0. The molecular formula is C20H18. The van der Waals surface area contributed by atoms with Gasteiger partial charge in [0.1, 0.15) is 0 Å². The third-order valence-corrected chi connectivity index (χ3v) is 3.72. The first-order valence-electron chi connectivity index (χ1n) is 7.02. The topological polar surface area (TPSA) is 0 Å². The lowest BCUT2D eigenvalue weighted by Crippen LogP contribution is -1.91. The highest BCUT2D eigenvalue weighted by atomic mass is 14.1. The molecule has 0 atom stereocenters. The number of benzene rings is 3. The first kappa shape index (κ1) is 12.7. The molecule has 0 saturated heterocycles. The molecular weight excluding hydrogens is 240 g/mol. The van der Waals surface area contributed by atoms with Crippen molar-refractivity contribution in [3.8, 4) is 11.1 Å². The summed E-state index contributed by atoms with van der Waals surface area (Å²) >= 11 is 0. The molecule has 0 aromatic heterocycles. The van der Waals surface area contributed by atoms with Crippen molar-refractivity contribution >= 4 is 0 Å². The van der Waals surface area contributed by atoms with Crippen LogP contribution in [0.1, 0.15) is 16.7 Å². The first-order chi connectivity index (χ1) is 9.83. The molecule has 0 N–H and O–H groups in total. The average molecular weight is 258 g/mol. The molecule has 0 heterocycles. The molecule has 0 heteroatoms. The van der Waals surface area contributed by atoms with E-state index in [1.165, 1.54) is 27.8 Å². The second-order valence-electron chi connectivity index (χ2n) is 5.17. The zero-order chi connectivity index (χ0) is 13.8. The van der Waals surface area contributed by atoms with Crippen LogP contribution in [0, 0.1) is 6.92 Å². The second kappa shape index (κ2) is 5.75. The van der Waals surface area contributed by atoms with Gasteiger partial charge < -0.3 is 0 Å². The van der Waals surface area contributed by atoms with Crippen LogP contribution in [0.15, 0.2) is 78.9 Å². The van der Waals surface area contributed by atoms with Crippen LogP contribution in [0.2, 0.25) is 0 Å². The van der Waals surface area contributed by atoms with Crippen molar-refractivity contribution in [2.75, 3.05) is 0 Å². The van der Waals surface area contributed by atoms with Gasteiger partial charge in [-0.1, -0.05) is 78.9 Å². The molecule has 0 nitrogen and oxygen atoms in total. The monoisotopic (exact) mass is 258 g/mol. The SMILES string of the molecule is Cc1ccccc1Cc1ccc(-c2ccccc2)cc1. The second-order valence-corrected chi connectivity index (χ2v) is 5.17. The number of hydrogen-bond acceptors (Lipinski definition) is 0. The Hall–Kier alpha value is -2.34. The standard InChI is InChI=1S/C20H18/c1-16-7-5-6-10-20(16)15-17-11-13-19(14-12-17)18-8-3-2-4-9-18/h2-14H,15H2,1H3. The van der Waals surface area contributed by atoms with Gasteiger partial charge in [-0.25, -0.2) is 0 Å². The fourth-order valence-electron chi connectivity index (χ4n) is 2.47. The Labute approximate surface area is 120 Å². The lowest BCUT2D eigenvalue weighted by atomic mass is 9.98. The summed E-state index contributed by atoms with van der Waals surface area (Å²) in [5.41, 5.74) is 6.67. The van der Waals surface area contributed by atoms with E-state index in [0.717, 1.165) is 6.42 Å². The van der Waals surface area contributed by atoms with Crippen molar-refractivity contribution in [2.24, 2.45) is 0 Å². The fraction of sp³-hybridized carbons (Fsp3) is 0.100. The van der Waals surface area contributed by atoms with Gasteiger partial charge in [-0.2, -0.15) is 0 Å². The van der Waals surface area contributed by atoms with Crippen LogP contribution in [-0.4, -0.2) is 0 Å². The van der Waals surface area contributed by atoms with Gasteiger partial charge in [-0.3, -0.25) is 0 Å². The maximum atomic E-state index is 2.23. The van der Waals surface area contributed by atoms with Crippen molar-refractivity contribution in [3.05, 3.63) is 95.6 Å². The summed E-state index contributed by atoms with van der Waals surface area (Å²) in [5.74, 6) is 0. The summed E-state index contributed by atoms with van der Waals surface area (Å²) in [6, 6.07) is 28.0. The Balaban J connectivity index is 1.82. The van der Waals surface area contributed by atoms with Gasteiger partial charge in [0.2, 0.25) is 0 Å². The number of hydrogen-bond donors (Lipinski definition) is 0. The van der Waals surface area contributed by atoms with Crippen LogP contribution in [0.3, 0.4) is 0 Å². The van der Waals surface area contributed by atoms with Gasteiger partial charge >= 0.3 is 0 Å². The quantitative estimate of drug-likeness (QED) is 0.601. The lowest BCUT2D eigenvalue weighted by Gasteiger charge is -2.07. The molecule has 0 bridgehead atoms. The molecule has 20 heavy (non-hydrogen) atoms. The number of aryl methyl sites for hydroxylation is 1. The maximum Gasteiger partial charge on any atom is -0.00231 e. The molecule has 0 spiro atoms. The molecule has 3 rings (SSSR count). The molecule has 0 aliphatic heterocycles. The number of rotatable bonds is 3. The van der Waals surface area contributed by atoms with Crippen molar-refractivity contribution < 1.29 is 0 Å². The molecule has 0 aliphatic rings. The Kier molecular flexibility index (Phi) is 3.64. The van der Waals surface area contributed by atoms with Gasteiger partial charge in [-0.15, -0.1) is 0 Å². The van der Waals surface area contributed by atoms with Gasteiger partial charge in [0, 0.05) is 0 Å². The van der Waals surface area contributed by atoms with Crippen LogP contribution < -0.4 is 0 Å². The predicted molar refractivity (Wildman–Crippen MR) is 85.9 cm³/mol.